The molecular weight excluding hydrogens is 332 g/mol. The van der Waals surface area contributed by atoms with E-state index in [1.807, 2.05) is 18.7 Å². The van der Waals surface area contributed by atoms with E-state index in [0.29, 0.717) is 31.8 Å². The fourth-order valence-electron chi connectivity index (χ4n) is 3.41. The van der Waals surface area contributed by atoms with E-state index in [1.54, 1.807) is 18.5 Å². The molecule has 1 atom stereocenters. The summed E-state index contributed by atoms with van der Waals surface area (Å²) in [6.45, 7) is 5.34. The number of aromatic nitrogens is 4. The van der Waals surface area contributed by atoms with Crippen LogP contribution in [0.15, 0.2) is 18.5 Å². The molecule has 0 aromatic carbocycles. The van der Waals surface area contributed by atoms with Gasteiger partial charge in [-0.15, -0.1) is 0 Å². The molecule has 1 aliphatic heterocycles. The number of amides is 1. The van der Waals surface area contributed by atoms with Crippen molar-refractivity contribution in [3.05, 3.63) is 35.4 Å². The van der Waals surface area contributed by atoms with Crippen molar-refractivity contribution in [3.8, 4) is 0 Å². The largest absolute Gasteiger partial charge is 0.386 e. The maximum Gasteiger partial charge on any atom is 0.225 e. The number of H-pyrrole nitrogens is 1. The molecule has 2 aromatic heterocycles. The van der Waals surface area contributed by atoms with Gasteiger partial charge >= 0.3 is 0 Å². The quantitative estimate of drug-likeness (QED) is 0.708. The lowest BCUT2D eigenvalue weighted by Crippen LogP contribution is -2.54. The van der Waals surface area contributed by atoms with Gasteiger partial charge in [-0.3, -0.25) is 9.89 Å². The summed E-state index contributed by atoms with van der Waals surface area (Å²) in [7, 11) is 0. The molecule has 1 amide bonds. The third kappa shape index (κ3) is 4.37. The summed E-state index contributed by atoms with van der Waals surface area (Å²) in [5.41, 5.74) is 2.05. The highest BCUT2D eigenvalue weighted by atomic mass is 16.3. The highest BCUT2D eigenvalue weighted by Gasteiger charge is 2.34. The second kappa shape index (κ2) is 7.82. The van der Waals surface area contributed by atoms with Gasteiger partial charge in [-0.2, -0.15) is 5.10 Å². The van der Waals surface area contributed by atoms with Crippen LogP contribution in [-0.2, 0) is 11.2 Å². The van der Waals surface area contributed by atoms with Gasteiger partial charge in [0.25, 0.3) is 0 Å². The summed E-state index contributed by atoms with van der Waals surface area (Å²) in [6, 6.07) is 1.77. The van der Waals surface area contributed by atoms with Crippen molar-refractivity contribution in [2.75, 3.05) is 24.5 Å². The van der Waals surface area contributed by atoms with Gasteiger partial charge in [-0.25, -0.2) is 9.97 Å². The van der Waals surface area contributed by atoms with Crippen molar-refractivity contribution in [1.82, 2.24) is 25.5 Å². The molecule has 3 N–H and O–H groups in total. The van der Waals surface area contributed by atoms with Crippen molar-refractivity contribution < 1.29 is 9.90 Å². The van der Waals surface area contributed by atoms with Crippen LogP contribution in [-0.4, -0.2) is 56.4 Å². The Labute approximate surface area is 153 Å². The lowest BCUT2D eigenvalue weighted by Gasteiger charge is -2.39. The van der Waals surface area contributed by atoms with Gasteiger partial charge in [0.2, 0.25) is 11.9 Å². The Hall–Kier alpha value is -2.48. The molecule has 0 bridgehead atoms. The first-order valence-electron chi connectivity index (χ1n) is 8.98. The number of aromatic amines is 1. The standard InChI is InChI=1S/C18H26N6O2/c1-13-15(14(2)23-22-13)5-6-16(25)21-11-18(26)7-3-10-24(12-18)17-19-8-4-9-20-17/h4,8-9,26H,3,5-7,10-12H2,1-2H3,(H,21,25)(H,22,23). The van der Waals surface area contributed by atoms with Gasteiger partial charge in [0.1, 0.15) is 0 Å². The smallest absolute Gasteiger partial charge is 0.225 e. The zero-order chi connectivity index (χ0) is 18.6. The molecule has 3 heterocycles. The van der Waals surface area contributed by atoms with E-state index in [-0.39, 0.29) is 12.5 Å². The summed E-state index contributed by atoms with van der Waals surface area (Å²) in [5.74, 6) is 0.550. The van der Waals surface area contributed by atoms with E-state index in [4.69, 9.17) is 0 Å². The third-order valence-corrected chi connectivity index (χ3v) is 4.89. The molecule has 0 radical (unpaired) electrons. The lowest BCUT2D eigenvalue weighted by molar-refractivity contribution is -0.122. The summed E-state index contributed by atoms with van der Waals surface area (Å²) >= 11 is 0. The molecule has 8 heteroatoms. The Bertz CT molecular complexity index is 728. The average Bonchev–Trinajstić information content (AvgIpc) is 2.97. The third-order valence-electron chi connectivity index (χ3n) is 4.89. The van der Waals surface area contributed by atoms with Gasteiger partial charge in [-0.1, -0.05) is 0 Å². The zero-order valence-electron chi connectivity index (χ0n) is 15.3. The second-order valence-electron chi connectivity index (χ2n) is 6.99. The fraction of sp³-hybridized carbons (Fsp3) is 0.556. The average molecular weight is 358 g/mol. The predicted molar refractivity (Wildman–Crippen MR) is 97.8 cm³/mol. The van der Waals surface area contributed by atoms with Crippen molar-refractivity contribution in [2.24, 2.45) is 0 Å². The van der Waals surface area contributed by atoms with Gasteiger partial charge in [0, 0.05) is 37.6 Å². The van der Waals surface area contributed by atoms with Gasteiger partial charge in [0.05, 0.1) is 17.8 Å². The minimum absolute atomic E-state index is 0.0634. The molecule has 1 aliphatic rings. The minimum Gasteiger partial charge on any atom is -0.386 e. The summed E-state index contributed by atoms with van der Waals surface area (Å²) in [4.78, 5) is 22.7. The molecule has 140 valence electrons. The van der Waals surface area contributed by atoms with E-state index in [9.17, 15) is 9.90 Å². The topological polar surface area (TPSA) is 107 Å². The number of nitrogens with one attached hydrogen (secondary N) is 2. The number of nitrogens with zero attached hydrogens (tertiary/aromatic N) is 4. The van der Waals surface area contributed by atoms with Crippen molar-refractivity contribution in [1.29, 1.82) is 0 Å². The Balaban J connectivity index is 1.50. The molecule has 0 aliphatic carbocycles. The first-order valence-corrected chi connectivity index (χ1v) is 8.98. The fourth-order valence-corrected chi connectivity index (χ4v) is 3.41. The lowest BCUT2D eigenvalue weighted by atomic mass is 9.93. The summed E-state index contributed by atoms with van der Waals surface area (Å²) in [5, 5.41) is 20.8. The number of piperidine rings is 1. The van der Waals surface area contributed by atoms with Crippen LogP contribution in [0.2, 0.25) is 0 Å². The highest BCUT2D eigenvalue weighted by molar-refractivity contribution is 5.76. The monoisotopic (exact) mass is 358 g/mol. The summed E-state index contributed by atoms with van der Waals surface area (Å²) in [6.07, 6.45) is 5.88. The Morgan fingerprint density at radius 3 is 2.85 bits per heavy atom. The number of β-amino-alcohol motifs (C(OH)–C–C–N with tert-alkyl or cyclic N) is 1. The Morgan fingerprint density at radius 1 is 1.38 bits per heavy atom. The summed E-state index contributed by atoms with van der Waals surface area (Å²) < 4.78 is 0. The SMILES string of the molecule is Cc1n[nH]c(C)c1CCC(=O)NCC1(O)CCCN(c2ncccn2)C1. The van der Waals surface area contributed by atoms with E-state index in [0.717, 1.165) is 29.9 Å². The highest BCUT2D eigenvalue weighted by Crippen LogP contribution is 2.23. The maximum absolute atomic E-state index is 12.2. The van der Waals surface area contributed by atoms with Crippen molar-refractivity contribution in [3.63, 3.8) is 0 Å². The molecule has 1 saturated heterocycles. The maximum atomic E-state index is 12.2. The molecule has 26 heavy (non-hydrogen) atoms. The molecule has 1 fully saturated rings. The van der Waals surface area contributed by atoms with E-state index in [2.05, 4.69) is 25.5 Å². The molecule has 0 saturated carbocycles. The van der Waals surface area contributed by atoms with Crippen LogP contribution in [0.4, 0.5) is 5.95 Å². The van der Waals surface area contributed by atoms with Crippen molar-refractivity contribution in [2.45, 2.75) is 45.1 Å². The van der Waals surface area contributed by atoms with Crippen LogP contribution in [0.1, 0.15) is 36.2 Å². The van der Waals surface area contributed by atoms with Crippen LogP contribution in [0.5, 0.6) is 0 Å². The first kappa shape index (κ1) is 18.3. The molecule has 3 rings (SSSR count). The van der Waals surface area contributed by atoms with E-state index >= 15 is 0 Å². The van der Waals surface area contributed by atoms with E-state index in [1.165, 1.54) is 0 Å². The minimum atomic E-state index is -0.964. The molecule has 0 spiro atoms. The number of anilines is 1. The van der Waals surface area contributed by atoms with Gasteiger partial charge in [0.15, 0.2) is 0 Å². The number of carbonyl (C=O) groups is 1. The zero-order valence-corrected chi connectivity index (χ0v) is 15.3. The van der Waals surface area contributed by atoms with Crippen LogP contribution < -0.4 is 10.2 Å². The molecule has 2 aromatic rings. The number of hydrogen-bond acceptors (Lipinski definition) is 6. The van der Waals surface area contributed by atoms with Gasteiger partial charge in [-0.05, 0) is 44.7 Å². The van der Waals surface area contributed by atoms with E-state index < -0.39 is 5.60 Å². The van der Waals surface area contributed by atoms with Crippen LogP contribution >= 0.6 is 0 Å². The number of aliphatic hydroxyl groups is 1. The van der Waals surface area contributed by atoms with Crippen molar-refractivity contribution >= 4 is 11.9 Å². The van der Waals surface area contributed by atoms with Gasteiger partial charge < -0.3 is 15.3 Å². The number of carbonyl (C=O) groups excluding carboxylic acids is 1. The molecular formula is C18H26N6O2. The molecule has 8 nitrogen and oxygen atoms in total. The predicted octanol–water partition coefficient (Wildman–Crippen LogP) is 0.897. The normalized spacial score (nSPS) is 20.2. The Morgan fingerprint density at radius 2 is 2.15 bits per heavy atom. The molecule has 1 unspecified atom stereocenters. The van der Waals surface area contributed by atoms with Crippen LogP contribution in [0, 0.1) is 13.8 Å². The van der Waals surface area contributed by atoms with Crippen LogP contribution in [0.3, 0.4) is 0 Å². The second-order valence-corrected chi connectivity index (χ2v) is 6.99. The Kier molecular flexibility index (Phi) is 5.51. The first-order chi connectivity index (χ1) is 12.5. The number of aryl methyl sites for hydroxylation is 2. The number of rotatable bonds is 6. The van der Waals surface area contributed by atoms with Crippen LogP contribution in [0.25, 0.3) is 0 Å². The number of hydrogen-bond donors (Lipinski definition) is 3.